The van der Waals surface area contributed by atoms with Crippen LogP contribution in [0.5, 0.6) is 5.75 Å². The smallest absolute Gasteiger partial charge is 0.262 e. The van der Waals surface area contributed by atoms with E-state index in [0.717, 1.165) is 18.0 Å². The molecule has 4 heteroatoms. The molecular formula is C17H24N2O2. The molecule has 1 aliphatic heterocycles. The number of fused-ring (bicyclic) bond motifs is 1. The summed E-state index contributed by atoms with van der Waals surface area (Å²) in [5.74, 6) is 1.39. The lowest BCUT2D eigenvalue weighted by Gasteiger charge is -2.32. The maximum atomic E-state index is 11.5. The van der Waals surface area contributed by atoms with Crippen molar-refractivity contribution in [1.29, 1.82) is 0 Å². The first-order valence-corrected chi connectivity index (χ1v) is 8.08. The number of ether oxygens (including phenoxy) is 1. The molecule has 0 aromatic heterocycles. The zero-order valence-corrected chi connectivity index (χ0v) is 12.7. The van der Waals surface area contributed by atoms with Crippen LogP contribution < -0.4 is 15.4 Å². The third kappa shape index (κ3) is 3.21. The van der Waals surface area contributed by atoms with Crippen LogP contribution in [-0.2, 0) is 4.79 Å². The Morgan fingerprint density at radius 1 is 1.33 bits per heavy atom. The Labute approximate surface area is 126 Å². The van der Waals surface area contributed by atoms with E-state index in [4.69, 9.17) is 4.74 Å². The number of nitrogens with one attached hydrogen (secondary N) is 2. The third-order valence-electron chi connectivity index (χ3n) is 4.54. The van der Waals surface area contributed by atoms with Crippen molar-refractivity contribution in [3.05, 3.63) is 23.8 Å². The number of hydrogen-bond donors (Lipinski definition) is 2. The van der Waals surface area contributed by atoms with E-state index >= 15 is 0 Å². The number of hydrogen-bond acceptors (Lipinski definition) is 3. The number of carbonyl (C=O) groups is 1. The first-order chi connectivity index (χ1) is 10.3. The Hall–Kier alpha value is -1.55. The molecule has 2 N–H and O–H groups in total. The van der Waals surface area contributed by atoms with Crippen molar-refractivity contribution >= 4 is 11.6 Å². The molecule has 0 bridgehead atoms. The molecule has 0 radical (unpaired) electrons. The second-order valence-electron chi connectivity index (χ2n) is 6.03. The van der Waals surface area contributed by atoms with Gasteiger partial charge in [-0.1, -0.05) is 32.3 Å². The quantitative estimate of drug-likeness (QED) is 0.894. The van der Waals surface area contributed by atoms with E-state index in [1.807, 2.05) is 6.07 Å². The van der Waals surface area contributed by atoms with Crippen molar-refractivity contribution < 1.29 is 9.53 Å². The van der Waals surface area contributed by atoms with Gasteiger partial charge in [-0.15, -0.1) is 0 Å². The first-order valence-electron chi connectivity index (χ1n) is 8.08. The minimum Gasteiger partial charge on any atom is -0.482 e. The topological polar surface area (TPSA) is 50.4 Å². The van der Waals surface area contributed by atoms with Gasteiger partial charge < -0.3 is 15.4 Å². The highest BCUT2D eigenvalue weighted by atomic mass is 16.5. The van der Waals surface area contributed by atoms with Gasteiger partial charge in [-0.3, -0.25) is 4.79 Å². The second kappa shape index (κ2) is 6.48. The fourth-order valence-corrected chi connectivity index (χ4v) is 3.54. The van der Waals surface area contributed by atoms with Crippen LogP contribution in [0.2, 0.25) is 0 Å². The predicted octanol–water partition coefficient (Wildman–Crippen LogP) is 3.25. The average molecular weight is 288 g/mol. The van der Waals surface area contributed by atoms with Gasteiger partial charge in [0.2, 0.25) is 0 Å². The molecule has 3 rings (SSSR count). The molecule has 1 fully saturated rings. The highest BCUT2D eigenvalue weighted by Crippen LogP contribution is 2.37. The van der Waals surface area contributed by atoms with Gasteiger partial charge in [0.05, 0.1) is 5.69 Å². The van der Waals surface area contributed by atoms with Gasteiger partial charge in [0, 0.05) is 6.04 Å². The fraction of sp³-hybridized carbons (Fsp3) is 0.588. The number of rotatable bonds is 4. The summed E-state index contributed by atoms with van der Waals surface area (Å²) in [6, 6.07) is 6.57. The van der Waals surface area contributed by atoms with Crippen molar-refractivity contribution in [2.75, 3.05) is 18.5 Å². The lowest BCUT2D eigenvalue weighted by Crippen LogP contribution is -2.30. The van der Waals surface area contributed by atoms with Crippen LogP contribution >= 0.6 is 0 Å². The van der Waals surface area contributed by atoms with E-state index in [0.29, 0.717) is 12.0 Å². The van der Waals surface area contributed by atoms with Crippen LogP contribution in [0.25, 0.3) is 0 Å². The number of anilines is 1. The van der Waals surface area contributed by atoms with Gasteiger partial charge >= 0.3 is 0 Å². The molecule has 1 unspecified atom stereocenters. The fourth-order valence-electron chi connectivity index (χ4n) is 3.54. The van der Waals surface area contributed by atoms with E-state index in [9.17, 15) is 4.79 Å². The molecule has 0 saturated heterocycles. The van der Waals surface area contributed by atoms with E-state index in [1.165, 1.54) is 37.7 Å². The standard InChI is InChI=1S/C17H24N2O2/c1-2-18-17(12-6-4-3-5-7-12)13-8-9-15-14(10-13)19-16(20)11-21-15/h8-10,12,17-18H,2-7,11H2,1H3,(H,19,20). The third-order valence-corrected chi connectivity index (χ3v) is 4.54. The molecule has 4 nitrogen and oxygen atoms in total. The number of amides is 1. The lowest BCUT2D eigenvalue weighted by molar-refractivity contribution is -0.118. The van der Waals surface area contributed by atoms with Gasteiger partial charge in [0.15, 0.2) is 6.61 Å². The molecule has 1 atom stereocenters. The normalized spacial score (nSPS) is 20.3. The Kier molecular flexibility index (Phi) is 4.44. The summed E-state index contributed by atoms with van der Waals surface area (Å²) in [5.41, 5.74) is 2.07. The summed E-state index contributed by atoms with van der Waals surface area (Å²) in [7, 11) is 0. The SMILES string of the molecule is CCNC(c1ccc2c(c1)NC(=O)CO2)C1CCCCC1. The summed E-state index contributed by atoms with van der Waals surface area (Å²) in [6.45, 7) is 3.23. The molecule has 1 saturated carbocycles. The summed E-state index contributed by atoms with van der Waals surface area (Å²) < 4.78 is 5.44. The number of benzene rings is 1. The lowest BCUT2D eigenvalue weighted by atomic mass is 9.81. The van der Waals surface area contributed by atoms with Gasteiger partial charge in [-0.2, -0.15) is 0 Å². The molecular weight excluding hydrogens is 264 g/mol. The molecule has 2 aliphatic rings. The number of carbonyl (C=O) groups excluding carboxylic acids is 1. The molecule has 1 aromatic carbocycles. The Morgan fingerprint density at radius 3 is 2.90 bits per heavy atom. The van der Waals surface area contributed by atoms with Crippen molar-refractivity contribution in [2.24, 2.45) is 5.92 Å². The summed E-state index contributed by atoms with van der Waals surface area (Å²) >= 11 is 0. The molecule has 1 aromatic rings. The van der Waals surface area contributed by atoms with Crippen molar-refractivity contribution in [3.63, 3.8) is 0 Å². The largest absolute Gasteiger partial charge is 0.482 e. The van der Waals surface area contributed by atoms with E-state index < -0.39 is 0 Å². The summed E-state index contributed by atoms with van der Waals surface area (Å²) in [4.78, 5) is 11.5. The van der Waals surface area contributed by atoms with Gasteiger partial charge in [0.1, 0.15) is 5.75 Å². The molecule has 1 amide bonds. The monoisotopic (exact) mass is 288 g/mol. The highest BCUT2D eigenvalue weighted by molar-refractivity contribution is 5.95. The van der Waals surface area contributed by atoms with Crippen LogP contribution in [0.3, 0.4) is 0 Å². The van der Waals surface area contributed by atoms with Gasteiger partial charge in [-0.25, -0.2) is 0 Å². The van der Waals surface area contributed by atoms with Crippen LogP contribution in [0.4, 0.5) is 5.69 Å². The maximum Gasteiger partial charge on any atom is 0.262 e. The van der Waals surface area contributed by atoms with E-state index in [2.05, 4.69) is 29.7 Å². The zero-order chi connectivity index (χ0) is 14.7. The second-order valence-corrected chi connectivity index (χ2v) is 6.03. The minimum absolute atomic E-state index is 0.0719. The zero-order valence-electron chi connectivity index (χ0n) is 12.7. The van der Waals surface area contributed by atoms with Gasteiger partial charge in [0.25, 0.3) is 5.91 Å². The highest BCUT2D eigenvalue weighted by Gasteiger charge is 2.26. The van der Waals surface area contributed by atoms with Crippen LogP contribution in [0.15, 0.2) is 18.2 Å². The van der Waals surface area contributed by atoms with Crippen LogP contribution in [0.1, 0.15) is 50.6 Å². The Bertz CT molecular complexity index is 510. The van der Waals surface area contributed by atoms with Gasteiger partial charge in [-0.05, 0) is 43.0 Å². The Morgan fingerprint density at radius 2 is 2.14 bits per heavy atom. The summed E-state index contributed by atoms with van der Waals surface area (Å²) in [5, 5.41) is 6.54. The Balaban J connectivity index is 1.84. The van der Waals surface area contributed by atoms with Crippen molar-refractivity contribution in [2.45, 2.75) is 45.1 Å². The average Bonchev–Trinajstić information content (AvgIpc) is 2.52. The maximum absolute atomic E-state index is 11.5. The van der Waals surface area contributed by atoms with Crippen LogP contribution in [0, 0.1) is 5.92 Å². The molecule has 21 heavy (non-hydrogen) atoms. The molecule has 114 valence electrons. The predicted molar refractivity (Wildman–Crippen MR) is 83.6 cm³/mol. The molecule has 1 heterocycles. The molecule has 0 spiro atoms. The van der Waals surface area contributed by atoms with E-state index in [-0.39, 0.29) is 12.5 Å². The van der Waals surface area contributed by atoms with Crippen molar-refractivity contribution in [3.8, 4) is 5.75 Å². The van der Waals surface area contributed by atoms with E-state index in [1.54, 1.807) is 0 Å². The van der Waals surface area contributed by atoms with Crippen molar-refractivity contribution in [1.82, 2.24) is 5.32 Å². The minimum atomic E-state index is -0.0719. The molecule has 1 aliphatic carbocycles. The summed E-state index contributed by atoms with van der Waals surface area (Å²) in [6.07, 6.45) is 6.60. The first kappa shape index (κ1) is 14.4. The van der Waals surface area contributed by atoms with Crippen LogP contribution in [-0.4, -0.2) is 19.1 Å².